The molecular formula is C14H25NO4S. The van der Waals surface area contributed by atoms with Crippen LogP contribution in [0.2, 0.25) is 0 Å². The number of carbonyl (C=O) groups is 1. The molecule has 2 fully saturated rings. The largest absolute Gasteiger partial charge is 0.465 e. The molecule has 2 aliphatic heterocycles. The highest BCUT2D eigenvalue weighted by molar-refractivity contribution is 7.91. The van der Waals surface area contributed by atoms with Gasteiger partial charge in [-0.3, -0.25) is 9.69 Å². The molecule has 6 heteroatoms. The van der Waals surface area contributed by atoms with E-state index in [0.717, 1.165) is 45.2 Å². The standard InChI is InChI=1S/C14H25NO4S/c1-2-19-14(16)13-5-3-4-8-15(13)11-12-6-9-20(17,18)10-7-12/h12-13H,2-11H2,1H3/t13-/m1/s1. The van der Waals surface area contributed by atoms with E-state index in [1.165, 1.54) is 0 Å². The van der Waals surface area contributed by atoms with Crippen LogP contribution < -0.4 is 0 Å². The Labute approximate surface area is 121 Å². The van der Waals surface area contributed by atoms with Crippen molar-refractivity contribution >= 4 is 15.8 Å². The molecule has 2 rings (SSSR count). The monoisotopic (exact) mass is 303 g/mol. The summed E-state index contributed by atoms with van der Waals surface area (Å²) in [6, 6.07) is -0.123. The number of ether oxygens (including phenoxy) is 1. The first-order valence-electron chi connectivity index (χ1n) is 7.63. The highest BCUT2D eigenvalue weighted by atomic mass is 32.2. The second kappa shape index (κ2) is 6.89. The van der Waals surface area contributed by atoms with Crippen LogP contribution in [0.25, 0.3) is 0 Å². The van der Waals surface area contributed by atoms with Crippen LogP contribution in [0, 0.1) is 5.92 Å². The molecule has 116 valence electrons. The number of sulfone groups is 1. The van der Waals surface area contributed by atoms with Crippen LogP contribution in [0.1, 0.15) is 39.0 Å². The Balaban J connectivity index is 1.90. The molecule has 0 N–H and O–H groups in total. The van der Waals surface area contributed by atoms with Gasteiger partial charge in [-0.1, -0.05) is 6.42 Å². The highest BCUT2D eigenvalue weighted by Gasteiger charge is 2.33. The average molecular weight is 303 g/mol. The van der Waals surface area contributed by atoms with Crippen LogP contribution in [0.4, 0.5) is 0 Å². The van der Waals surface area contributed by atoms with E-state index in [2.05, 4.69) is 4.90 Å². The summed E-state index contributed by atoms with van der Waals surface area (Å²) in [5, 5.41) is 0. The molecular weight excluding hydrogens is 278 g/mol. The Morgan fingerprint density at radius 3 is 2.55 bits per heavy atom. The van der Waals surface area contributed by atoms with Gasteiger partial charge in [0.1, 0.15) is 15.9 Å². The van der Waals surface area contributed by atoms with E-state index in [4.69, 9.17) is 4.74 Å². The molecule has 0 aromatic heterocycles. The maximum Gasteiger partial charge on any atom is 0.323 e. The Hall–Kier alpha value is -0.620. The molecule has 0 saturated carbocycles. The summed E-state index contributed by atoms with van der Waals surface area (Å²) in [4.78, 5) is 14.2. The third kappa shape index (κ3) is 4.19. The zero-order valence-corrected chi connectivity index (χ0v) is 13.0. The topological polar surface area (TPSA) is 63.7 Å². The summed E-state index contributed by atoms with van der Waals surface area (Å²) in [6.45, 7) is 4.01. The van der Waals surface area contributed by atoms with Crippen molar-refractivity contribution in [1.29, 1.82) is 0 Å². The van der Waals surface area contributed by atoms with E-state index >= 15 is 0 Å². The van der Waals surface area contributed by atoms with Crippen molar-refractivity contribution in [2.75, 3.05) is 31.2 Å². The summed E-state index contributed by atoms with van der Waals surface area (Å²) in [7, 11) is -2.81. The minimum Gasteiger partial charge on any atom is -0.465 e. The molecule has 0 aliphatic carbocycles. The first-order valence-corrected chi connectivity index (χ1v) is 9.45. The van der Waals surface area contributed by atoms with Crippen LogP contribution in [0.3, 0.4) is 0 Å². The SMILES string of the molecule is CCOC(=O)[C@H]1CCCCN1CC1CCS(=O)(=O)CC1. The minimum atomic E-state index is -2.81. The Morgan fingerprint density at radius 1 is 1.20 bits per heavy atom. The molecule has 0 radical (unpaired) electrons. The molecule has 5 nitrogen and oxygen atoms in total. The number of piperidine rings is 1. The second-order valence-electron chi connectivity index (χ2n) is 5.85. The van der Waals surface area contributed by atoms with Crippen LogP contribution in [-0.4, -0.2) is 56.5 Å². The summed E-state index contributed by atoms with van der Waals surface area (Å²) in [6.07, 6.45) is 4.51. The van der Waals surface area contributed by atoms with Crippen LogP contribution in [-0.2, 0) is 19.4 Å². The van der Waals surface area contributed by atoms with Crippen molar-refractivity contribution in [3.8, 4) is 0 Å². The van der Waals surface area contributed by atoms with Crippen molar-refractivity contribution in [3.63, 3.8) is 0 Å². The summed E-state index contributed by atoms with van der Waals surface area (Å²) in [5.41, 5.74) is 0. The molecule has 1 atom stereocenters. The first-order chi connectivity index (χ1) is 9.52. The number of esters is 1. The lowest BCUT2D eigenvalue weighted by atomic mass is 9.97. The second-order valence-corrected chi connectivity index (χ2v) is 8.16. The predicted molar refractivity (Wildman–Crippen MR) is 77.2 cm³/mol. The smallest absolute Gasteiger partial charge is 0.323 e. The van der Waals surface area contributed by atoms with E-state index in [-0.39, 0.29) is 12.0 Å². The number of hydrogen-bond acceptors (Lipinski definition) is 5. The van der Waals surface area contributed by atoms with Gasteiger partial charge in [-0.05, 0) is 45.1 Å². The van der Waals surface area contributed by atoms with Gasteiger partial charge in [0, 0.05) is 6.54 Å². The molecule has 0 aromatic rings. The highest BCUT2D eigenvalue weighted by Crippen LogP contribution is 2.25. The Bertz CT molecular complexity index is 420. The molecule has 0 unspecified atom stereocenters. The van der Waals surface area contributed by atoms with Gasteiger partial charge < -0.3 is 4.74 Å². The molecule has 2 aliphatic rings. The third-order valence-corrected chi connectivity index (χ3v) is 6.05. The lowest BCUT2D eigenvalue weighted by molar-refractivity contribution is -0.151. The lowest BCUT2D eigenvalue weighted by Crippen LogP contribution is -2.48. The third-order valence-electron chi connectivity index (χ3n) is 4.34. The number of nitrogens with zero attached hydrogens (tertiary/aromatic N) is 1. The fourth-order valence-electron chi connectivity index (χ4n) is 3.17. The number of hydrogen-bond donors (Lipinski definition) is 0. The van der Waals surface area contributed by atoms with E-state index in [1.807, 2.05) is 6.92 Å². The summed E-state index contributed by atoms with van der Waals surface area (Å²) >= 11 is 0. The quantitative estimate of drug-likeness (QED) is 0.731. The summed E-state index contributed by atoms with van der Waals surface area (Å²) < 4.78 is 28.1. The molecule has 0 aromatic carbocycles. The lowest BCUT2D eigenvalue weighted by Gasteiger charge is -2.37. The van der Waals surface area contributed by atoms with Gasteiger partial charge in [0.15, 0.2) is 0 Å². The maximum atomic E-state index is 12.0. The molecule has 20 heavy (non-hydrogen) atoms. The Morgan fingerprint density at radius 2 is 1.90 bits per heavy atom. The molecule has 0 spiro atoms. The Kier molecular flexibility index (Phi) is 5.43. The van der Waals surface area contributed by atoms with E-state index in [9.17, 15) is 13.2 Å². The zero-order valence-electron chi connectivity index (χ0n) is 12.2. The van der Waals surface area contributed by atoms with Crippen molar-refractivity contribution in [3.05, 3.63) is 0 Å². The molecule has 0 amide bonds. The zero-order chi connectivity index (χ0) is 14.6. The average Bonchev–Trinajstić information content (AvgIpc) is 2.42. The van der Waals surface area contributed by atoms with E-state index in [1.54, 1.807) is 0 Å². The normalized spacial score (nSPS) is 28.1. The van der Waals surface area contributed by atoms with Crippen LogP contribution in [0.5, 0.6) is 0 Å². The fraction of sp³-hybridized carbons (Fsp3) is 0.929. The van der Waals surface area contributed by atoms with Gasteiger partial charge >= 0.3 is 5.97 Å². The van der Waals surface area contributed by atoms with Gasteiger partial charge in [0.25, 0.3) is 0 Å². The van der Waals surface area contributed by atoms with Crippen molar-refractivity contribution in [2.45, 2.75) is 45.1 Å². The van der Waals surface area contributed by atoms with Gasteiger partial charge in [0.2, 0.25) is 0 Å². The van der Waals surface area contributed by atoms with Gasteiger partial charge in [0.05, 0.1) is 18.1 Å². The van der Waals surface area contributed by atoms with Crippen molar-refractivity contribution in [1.82, 2.24) is 4.90 Å². The molecule has 2 saturated heterocycles. The fourth-order valence-corrected chi connectivity index (χ4v) is 4.76. The number of rotatable bonds is 4. The maximum absolute atomic E-state index is 12.0. The molecule has 0 bridgehead atoms. The van der Waals surface area contributed by atoms with E-state index in [0.29, 0.717) is 24.0 Å². The van der Waals surface area contributed by atoms with E-state index < -0.39 is 9.84 Å². The van der Waals surface area contributed by atoms with Crippen LogP contribution >= 0.6 is 0 Å². The number of carbonyl (C=O) groups excluding carboxylic acids is 1. The molecule has 2 heterocycles. The summed E-state index contributed by atoms with van der Waals surface area (Å²) in [5.74, 6) is 0.884. The van der Waals surface area contributed by atoms with Crippen molar-refractivity contribution < 1.29 is 17.9 Å². The number of likely N-dealkylation sites (tertiary alicyclic amines) is 1. The van der Waals surface area contributed by atoms with Crippen molar-refractivity contribution in [2.24, 2.45) is 5.92 Å². The van der Waals surface area contributed by atoms with Gasteiger partial charge in [-0.15, -0.1) is 0 Å². The van der Waals surface area contributed by atoms with Gasteiger partial charge in [-0.2, -0.15) is 0 Å². The van der Waals surface area contributed by atoms with Crippen LogP contribution in [0.15, 0.2) is 0 Å². The predicted octanol–water partition coefficient (Wildman–Crippen LogP) is 1.23. The first kappa shape index (κ1) is 15.8. The minimum absolute atomic E-state index is 0.115. The van der Waals surface area contributed by atoms with Gasteiger partial charge in [-0.25, -0.2) is 8.42 Å².